The predicted octanol–water partition coefficient (Wildman–Crippen LogP) is 2.82. The molecule has 86 valence electrons. The van der Waals surface area contributed by atoms with Crippen molar-refractivity contribution in [3.05, 3.63) is 29.4 Å². The molecule has 0 amide bonds. The van der Waals surface area contributed by atoms with Crippen LogP contribution in [0.4, 0.5) is 0 Å². The van der Waals surface area contributed by atoms with Gasteiger partial charge in [0, 0.05) is 5.39 Å². The molecule has 0 radical (unpaired) electrons. The number of fused-ring (bicyclic) bond motifs is 1. The Hall–Kier alpha value is -1.19. The van der Waals surface area contributed by atoms with Crippen molar-refractivity contribution < 1.29 is 4.74 Å². The smallest absolute Gasteiger partial charge is 0.119 e. The quantitative estimate of drug-likeness (QED) is 0.818. The minimum atomic E-state index is 0.747. The van der Waals surface area contributed by atoms with E-state index in [9.17, 15) is 0 Å². The van der Waals surface area contributed by atoms with Gasteiger partial charge in [-0.25, -0.2) is 0 Å². The first-order valence-corrected chi connectivity index (χ1v) is 5.47. The highest BCUT2D eigenvalue weighted by Crippen LogP contribution is 2.27. The number of nitrogens with zero attached hydrogens (tertiary/aromatic N) is 2. The summed E-state index contributed by atoms with van der Waals surface area (Å²) >= 11 is 6.20. The molecule has 0 unspecified atom stereocenters. The summed E-state index contributed by atoms with van der Waals surface area (Å²) in [6, 6.07) is 7.94. The molecular formula is C12H15ClN2O. The molecule has 0 saturated heterocycles. The van der Waals surface area contributed by atoms with Crippen LogP contribution in [0, 0.1) is 0 Å². The summed E-state index contributed by atoms with van der Waals surface area (Å²) in [5.41, 5.74) is 1.12. The van der Waals surface area contributed by atoms with Crippen LogP contribution in [0.3, 0.4) is 0 Å². The standard InChI is InChI=1S/C12H15ClN2O/c1-14(2)8-15-11-5-4-10(16-3)6-9(11)7-12(15)13/h4-7H,8H2,1-3H3. The third-order valence-corrected chi connectivity index (χ3v) is 2.80. The second kappa shape index (κ2) is 4.36. The summed E-state index contributed by atoms with van der Waals surface area (Å²) in [7, 11) is 5.71. The van der Waals surface area contributed by atoms with Crippen molar-refractivity contribution in [2.45, 2.75) is 6.67 Å². The van der Waals surface area contributed by atoms with Crippen molar-refractivity contribution >= 4 is 22.5 Å². The first-order chi connectivity index (χ1) is 7.61. The lowest BCUT2D eigenvalue weighted by atomic mass is 10.2. The normalized spacial score (nSPS) is 11.3. The van der Waals surface area contributed by atoms with Crippen LogP contribution < -0.4 is 4.74 Å². The van der Waals surface area contributed by atoms with Gasteiger partial charge in [0.1, 0.15) is 10.9 Å². The van der Waals surface area contributed by atoms with Crippen LogP contribution in [-0.2, 0) is 6.67 Å². The lowest BCUT2D eigenvalue weighted by molar-refractivity contribution is 0.333. The molecule has 0 fully saturated rings. The van der Waals surface area contributed by atoms with E-state index in [-0.39, 0.29) is 0 Å². The highest BCUT2D eigenvalue weighted by molar-refractivity contribution is 6.31. The first kappa shape index (κ1) is 11.3. The van der Waals surface area contributed by atoms with Crippen molar-refractivity contribution in [1.29, 1.82) is 0 Å². The Labute approximate surface area is 100 Å². The molecule has 0 atom stereocenters. The van der Waals surface area contributed by atoms with Gasteiger partial charge >= 0.3 is 0 Å². The van der Waals surface area contributed by atoms with Crippen LogP contribution >= 0.6 is 11.6 Å². The molecule has 0 N–H and O–H groups in total. The van der Waals surface area contributed by atoms with Crippen LogP contribution in [0.15, 0.2) is 24.3 Å². The van der Waals surface area contributed by atoms with Crippen LogP contribution in [-0.4, -0.2) is 30.7 Å². The number of aromatic nitrogens is 1. The van der Waals surface area contributed by atoms with E-state index in [0.717, 1.165) is 28.5 Å². The molecular weight excluding hydrogens is 224 g/mol. The molecule has 0 bridgehead atoms. The van der Waals surface area contributed by atoms with E-state index in [4.69, 9.17) is 16.3 Å². The van der Waals surface area contributed by atoms with Crippen LogP contribution in [0.25, 0.3) is 10.9 Å². The lowest BCUT2D eigenvalue weighted by Crippen LogP contribution is -2.16. The van der Waals surface area contributed by atoms with Crippen molar-refractivity contribution in [2.24, 2.45) is 0 Å². The third-order valence-electron chi connectivity index (χ3n) is 2.48. The van der Waals surface area contributed by atoms with E-state index >= 15 is 0 Å². The number of ether oxygens (including phenoxy) is 1. The van der Waals surface area contributed by atoms with Gasteiger partial charge in [-0.15, -0.1) is 0 Å². The zero-order valence-corrected chi connectivity index (χ0v) is 10.5. The minimum Gasteiger partial charge on any atom is -0.497 e. The summed E-state index contributed by atoms with van der Waals surface area (Å²) in [4.78, 5) is 2.08. The van der Waals surface area contributed by atoms with Gasteiger partial charge in [0.2, 0.25) is 0 Å². The molecule has 0 aliphatic carbocycles. The fraction of sp³-hybridized carbons (Fsp3) is 0.333. The summed E-state index contributed by atoms with van der Waals surface area (Å²) in [6.45, 7) is 0.772. The second-order valence-corrected chi connectivity index (χ2v) is 4.43. The molecule has 16 heavy (non-hydrogen) atoms. The van der Waals surface area contributed by atoms with E-state index in [1.54, 1.807) is 7.11 Å². The molecule has 1 aromatic carbocycles. The molecule has 0 saturated carbocycles. The summed E-state index contributed by atoms with van der Waals surface area (Å²) < 4.78 is 7.26. The molecule has 1 aromatic heterocycles. The SMILES string of the molecule is COc1ccc2c(c1)cc(Cl)n2CN(C)C. The molecule has 0 spiro atoms. The Bertz CT molecular complexity index is 505. The Kier molecular flexibility index (Phi) is 3.08. The van der Waals surface area contributed by atoms with Gasteiger partial charge in [0.25, 0.3) is 0 Å². The molecule has 2 rings (SSSR count). The maximum Gasteiger partial charge on any atom is 0.119 e. The van der Waals surface area contributed by atoms with E-state index in [1.807, 2.05) is 38.4 Å². The molecule has 1 heterocycles. The van der Waals surface area contributed by atoms with Gasteiger partial charge in [0.15, 0.2) is 0 Å². The fourth-order valence-corrected chi connectivity index (χ4v) is 2.03. The highest BCUT2D eigenvalue weighted by atomic mass is 35.5. The van der Waals surface area contributed by atoms with Gasteiger partial charge in [-0.1, -0.05) is 11.6 Å². The average Bonchev–Trinajstić information content (AvgIpc) is 2.54. The zero-order valence-electron chi connectivity index (χ0n) is 9.70. The summed E-state index contributed by atoms with van der Waals surface area (Å²) in [5.74, 6) is 0.853. The molecule has 2 aromatic rings. The average molecular weight is 239 g/mol. The van der Waals surface area contributed by atoms with Crippen molar-refractivity contribution in [3.8, 4) is 5.75 Å². The third kappa shape index (κ3) is 2.01. The second-order valence-electron chi connectivity index (χ2n) is 4.04. The number of rotatable bonds is 3. The van der Waals surface area contributed by atoms with Gasteiger partial charge in [-0.05, 0) is 38.4 Å². The van der Waals surface area contributed by atoms with Crippen LogP contribution in [0.5, 0.6) is 5.75 Å². The molecule has 0 aliphatic heterocycles. The van der Waals surface area contributed by atoms with Crippen molar-refractivity contribution in [3.63, 3.8) is 0 Å². The Balaban J connectivity index is 2.53. The fourth-order valence-electron chi connectivity index (χ4n) is 1.77. The highest BCUT2D eigenvalue weighted by Gasteiger charge is 2.08. The van der Waals surface area contributed by atoms with Crippen LogP contribution in [0.2, 0.25) is 5.15 Å². The Morgan fingerprint density at radius 2 is 2.06 bits per heavy atom. The minimum absolute atomic E-state index is 0.747. The van der Waals surface area contributed by atoms with E-state index < -0.39 is 0 Å². The Morgan fingerprint density at radius 3 is 2.69 bits per heavy atom. The van der Waals surface area contributed by atoms with Crippen LogP contribution in [0.1, 0.15) is 0 Å². The maximum atomic E-state index is 6.20. The molecule has 4 heteroatoms. The van der Waals surface area contributed by atoms with Gasteiger partial charge in [0.05, 0.1) is 19.3 Å². The zero-order chi connectivity index (χ0) is 11.7. The number of hydrogen-bond donors (Lipinski definition) is 0. The summed E-state index contributed by atoms with van der Waals surface area (Å²) in [5, 5.41) is 1.85. The largest absolute Gasteiger partial charge is 0.497 e. The number of halogens is 1. The molecule has 3 nitrogen and oxygen atoms in total. The number of benzene rings is 1. The lowest BCUT2D eigenvalue weighted by Gasteiger charge is -2.13. The Morgan fingerprint density at radius 1 is 1.31 bits per heavy atom. The number of methoxy groups -OCH3 is 1. The number of hydrogen-bond acceptors (Lipinski definition) is 2. The maximum absolute atomic E-state index is 6.20. The predicted molar refractivity (Wildman–Crippen MR) is 67.2 cm³/mol. The monoisotopic (exact) mass is 238 g/mol. The van der Waals surface area contributed by atoms with E-state index in [2.05, 4.69) is 9.47 Å². The van der Waals surface area contributed by atoms with E-state index in [1.165, 1.54) is 0 Å². The summed E-state index contributed by atoms with van der Waals surface area (Å²) in [6.07, 6.45) is 0. The van der Waals surface area contributed by atoms with Crippen molar-refractivity contribution in [1.82, 2.24) is 9.47 Å². The van der Waals surface area contributed by atoms with E-state index in [0.29, 0.717) is 0 Å². The van der Waals surface area contributed by atoms with Crippen molar-refractivity contribution in [2.75, 3.05) is 21.2 Å². The topological polar surface area (TPSA) is 17.4 Å². The van der Waals surface area contributed by atoms with Gasteiger partial charge in [-0.3, -0.25) is 4.90 Å². The molecule has 0 aliphatic rings. The van der Waals surface area contributed by atoms with Gasteiger partial charge in [-0.2, -0.15) is 0 Å². The first-order valence-electron chi connectivity index (χ1n) is 5.09. The van der Waals surface area contributed by atoms with Gasteiger partial charge < -0.3 is 9.30 Å².